The van der Waals surface area contributed by atoms with Crippen LogP contribution in [0.4, 0.5) is 56.1 Å². The molecule has 6 aromatic rings. The number of amides is 3. The molecule has 2 aliphatic heterocycles. The molecule has 2 saturated heterocycles. The molecular weight excluding hydrogens is 1750 g/mol. The molecule has 0 aromatic heterocycles. The molecule has 3 amide bonds. The van der Waals surface area contributed by atoms with Gasteiger partial charge in [-0.15, -0.1) is 11.6 Å². The Labute approximate surface area is 638 Å². The summed E-state index contributed by atoms with van der Waals surface area (Å²) in [4.78, 5) is 65.2. The van der Waals surface area contributed by atoms with Crippen LogP contribution in [0.15, 0.2) is 108 Å². The minimum Gasteiger partial charge on any atom is -0.481 e. The second-order valence-electron chi connectivity index (χ2n) is 21.3. The minimum atomic E-state index is -4.49. The maximum Gasteiger partial charge on any atom is 0.418 e. The Morgan fingerprint density at radius 1 is 0.590 bits per heavy atom. The van der Waals surface area contributed by atoms with Gasteiger partial charge in [0.1, 0.15) is 46.1 Å². The number of isocyanates is 1. The molecule has 0 bridgehead atoms. The summed E-state index contributed by atoms with van der Waals surface area (Å²) in [5, 5.41) is 28.4. The van der Waals surface area contributed by atoms with E-state index in [4.69, 9.17) is 107 Å². The molecule has 0 atom stereocenters. The maximum absolute atomic E-state index is 14.1. The third-order valence-electron chi connectivity index (χ3n) is 11.7. The van der Waals surface area contributed by atoms with Crippen LogP contribution in [0.3, 0.4) is 0 Å². The van der Waals surface area contributed by atoms with Gasteiger partial charge in [0.25, 0.3) is 5.91 Å². The molecule has 0 unspecified atom stereocenters. The second-order valence-corrected chi connectivity index (χ2v) is 27.1. The van der Waals surface area contributed by atoms with E-state index in [1.165, 1.54) is 68.1 Å². The van der Waals surface area contributed by atoms with Crippen molar-refractivity contribution in [1.82, 2.24) is 20.0 Å². The van der Waals surface area contributed by atoms with Gasteiger partial charge in [0.15, 0.2) is 0 Å². The number of nitrogens with two attached hydrogens (primary N) is 1. The van der Waals surface area contributed by atoms with E-state index in [2.05, 4.69) is 95.2 Å². The predicted octanol–water partition coefficient (Wildman–Crippen LogP) is 20.7. The van der Waals surface area contributed by atoms with Gasteiger partial charge in [-0.25, -0.2) is 46.0 Å². The molecule has 18 nitrogen and oxygen atoms in total. The highest BCUT2D eigenvalue weighted by atomic mass is 79.9. The van der Waals surface area contributed by atoms with Crippen LogP contribution in [0.5, 0.6) is 0 Å². The molecule has 37 heteroatoms. The third kappa shape index (κ3) is 32.1. The number of primary amides is 1. The van der Waals surface area contributed by atoms with Gasteiger partial charge in [-0.2, -0.15) is 18.2 Å². The predicted molar refractivity (Wildman–Crippen MR) is 386 cm³/mol. The number of hydrogen-bond donors (Lipinski definition) is 5. The zero-order chi connectivity index (χ0) is 76.9. The molecular formula is C63H60Br4Cl7F8N9O9. The number of carbonyl (C=O) groups excluding carboxylic acids is 4. The number of carboxylic acid groups (broad SMARTS) is 1. The van der Waals surface area contributed by atoms with E-state index in [1.807, 2.05) is 41.5 Å². The van der Waals surface area contributed by atoms with E-state index in [0.717, 1.165) is 62.6 Å². The molecule has 0 aliphatic carbocycles. The van der Waals surface area contributed by atoms with Gasteiger partial charge in [-0.3, -0.25) is 15.6 Å². The summed E-state index contributed by atoms with van der Waals surface area (Å²) in [6.07, 6.45) is -2.51. The quantitative estimate of drug-likeness (QED) is 0.0207. The molecule has 2 heterocycles. The SMILES string of the molecule is CC(C)(C)OC(=O)N1CCN(C(=N)c2cc(Cl)c(Br)cc2F)CC1.CC(C)(C)OC(=O)N1CCNCC1.CCl.COC(=N)c1cc(Cl)c(Br)cc1F.NC(=O)c1cc(Cl)c(Br)cc1F.O=C(O)c1cc(Cl)c(Cl)cc1F.O=C=Nc1ccccc1C(F)(F)F.[C-]#[N+]c1cc(Cl)c(Br)cc1F. The largest absolute Gasteiger partial charge is 0.481 e. The van der Waals surface area contributed by atoms with Crippen molar-refractivity contribution in [2.45, 2.75) is 58.9 Å². The molecule has 544 valence electrons. The van der Waals surface area contributed by atoms with Crippen LogP contribution in [0.25, 0.3) is 4.85 Å². The summed E-state index contributed by atoms with van der Waals surface area (Å²) < 4.78 is 119. The Morgan fingerprint density at radius 2 is 0.960 bits per heavy atom. The van der Waals surface area contributed by atoms with Crippen LogP contribution in [0.1, 0.15) is 78.9 Å². The number of benzene rings is 6. The van der Waals surface area contributed by atoms with E-state index in [-0.39, 0.29) is 67.0 Å². The van der Waals surface area contributed by atoms with Crippen LogP contribution in [0.2, 0.25) is 30.1 Å². The molecule has 2 fully saturated rings. The first-order valence-corrected chi connectivity index (χ1v) is 34.0. The van der Waals surface area contributed by atoms with Gasteiger partial charge >= 0.3 is 24.3 Å². The summed E-state index contributed by atoms with van der Waals surface area (Å²) in [5.74, 6) is -5.56. The Bertz CT molecular complexity index is 3880. The van der Waals surface area contributed by atoms with E-state index >= 15 is 0 Å². The second kappa shape index (κ2) is 43.8. The highest BCUT2D eigenvalue weighted by Crippen LogP contribution is 2.36. The molecule has 8 rings (SSSR count). The zero-order valence-corrected chi connectivity index (χ0v) is 65.1. The summed E-state index contributed by atoms with van der Waals surface area (Å²) in [5.41, 5.74) is 2.06. The van der Waals surface area contributed by atoms with Crippen LogP contribution in [-0.4, -0.2) is 139 Å². The molecule has 100 heavy (non-hydrogen) atoms. The normalized spacial score (nSPS) is 12.2. The average molecular weight is 1810 g/mol. The summed E-state index contributed by atoms with van der Waals surface area (Å²) >= 11 is 50.7. The number of carbonyl (C=O) groups is 4. The first kappa shape index (κ1) is 92.0. The number of ether oxygens (including phenoxy) is 3. The highest BCUT2D eigenvalue weighted by molar-refractivity contribution is 9.11. The van der Waals surface area contributed by atoms with Crippen molar-refractivity contribution in [2.24, 2.45) is 10.7 Å². The number of alkyl halides is 4. The number of carboxylic acids is 1. The van der Waals surface area contributed by atoms with Gasteiger partial charge in [0.2, 0.25) is 17.7 Å². The van der Waals surface area contributed by atoms with Gasteiger partial charge < -0.3 is 45.1 Å². The Morgan fingerprint density at radius 3 is 1.38 bits per heavy atom. The fourth-order valence-corrected chi connectivity index (χ4v) is 9.37. The molecule has 6 aromatic carbocycles. The zero-order valence-electron chi connectivity index (χ0n) is 53.4. The van der Waals surface area contributed by atoms with Crippen LogP contribution in [-0.2, 0) is 25.2 Å². The van der Waals surface area contributed by atoms with E-state index in [1.54, 1.807) is 14.7 Å². The topological polar surface area (TPSA) is 245 Å². The Hall–Kier alpha value is -6.04. The third-order valence-corrected chi connectivity index (χ3v) is 17.3. The van der Waals surface area contributed by atoms with E-state index in [0.29, 0.717) is 59.1 Å². The lowest BCUT2D eigenvalue weighted by Gasteiger charge is -2.36. The first-order chi connectivity index (χ1) is 46.4. The number of para-hydroxylation sites is 1. The lowest BCUT2D eigenvalue weighted by Crippen LogP contribution is -2.51. The van der Waals surface area contributed by atoms with Crippen molar-refractivity contribution in [3.63, 3.8) is 0 Å². The minimum absolute atomic E-state index is 0.000772. The molecule has 2 aliphatic rings. The fourth-order valence-electron chi connectivity index (χ4n) is 7.15. The van der Waals surface area contributed by atoms with Crippen LogP contribution < -0.4 is 11.1 Å². The number of aromatic carboxylic acids is 1. The van der Waals surface area contributed by atoms with Gasteiger partial charge in [0, 0.05) is 81.7 Å². The molecule has 0 spiro atoms. The number of hydrogen-bond acceptors (Lipinski definition) is 12. The number of nitrogens with one attached hydrogen (secondary N) is 3. The summed E-state index contributed by atoms with van der Waals surface area (Å²) in [6, 6.07) is 16.4. The van der Waals surface area contributed by atoms with Crippen LogP contribution >= 0.6 is 145 Å². The van der Waals surface area contributed by atoms with Crippen molar-refractivity contribution in [2.75, 3.05) is 65.9 Å². The Kier molecular flexibility index (Phi) is 40.3. The molecule has 0 radical (unpaired) electrons. The lowest BCUT2D eigenvalue weighted by atomic mass is 10.1. The summed E-state index contributed by atoms with van der Waals surface area (Å²) in [7, 11) is 1.30. The number of piperazine rings is 2. The number of nitrogens with zero attached hydrogens (tertiary/aromatic N) is 5. The first-order valence-electron chi connectivity index (χ1n) is 27.8. The van der Waals surface area contributed by atoms with Crippen molar-refractivity contribution >= 4 is 198 Å². The van der Waals surface area contributed by atoms with Crippen molar-refractivity contribution in [3.8, 4) is 0 Å². The monoisotopic (exact) mass is 1800 g/mol. The standard InChI is InChI=1S/C16H20BrClFN3O2.C9H18N2O2.C8H6BrClFNO.C8H4F3NO.C7H4BrClFNO.C7H2BrClFN.C7H3Cl2FO2.CH3Cl/c1-16(2,3)24-15(23)22-6-4-21(5-7-22)14(20)10-8-12(18)11(17)9-13(10)19;1-9(2,3)13-8(12)11-6-4-10-5-7-11;1-13-8(12)4-2-6(10)5(9)3-7(4)11;9-8(10,11)6-3-1-2-4-7(6)12-5-13;8-4-2-6(10)3(7(11)12)1-5(4)9;1-11-7-3-5(9)4(8)2-6(7)10;8-4-1-3(7(11)12)6(10)2-5(4)9;1-2/h8-9,20H,4-7H2,1-3H3;10H,4-7H2,1-3H3;2-3,12H,1H3;1-4H;1-2H,(H2,11,12);2-3H;1-2H,(H,11,12);1H3. The highest BCUT2D eigenvalue weighted by Gasteiger charge is 2.33. The lowest BCUT2D eigenvalue weighted by molar-refractivity contribution is -0.137. The van der Waals surface area contributed by atoms with Gasteiger partial charge in [0.05, 0.1) is 72.3 Å². The van der Waals surface area contributed by atoms with E-state index < -0.39 is 69.6 Å². The van der Waals surface area contributed by atoms with Crippen molar-refractivity contribution < 1.29 is 78.4 Å². The summed E-state index contributed by atoms with van der Waals surface area (Å²) in [6.45, 7) is 22.6. The number of amidine groups is 1. The number of methoxy groups -OCH3 is 1. The Balaban J connectivity index is 0.000000592. The number of rotatable bonds is 5. The van der Waals surface area contributed by atoms with Crippen molar-refractivity contribution in [1.29, 1.82) is 10.8 Å². The van der Waals surface area contributed by atoms with Crippen molar-refractivity contribution in [3.05, 3.63) is 201 Å². The maximum atomic E-state index is 14.1. The van der Waals surface area contributed by atoms with E-state index in [9.17, 15) is 59.1 Å². The molecule has 0 saturated carbocycles. The smallest absolute Gasteiger partial charge is 0.418 e. The molecule has 6 N–H and O–H groups in total. The average Bonchev–Trinajstić information content (AvgIpc) is 0.825. The van der Waals surface area contributed by atoms with Gasteiger partial charge in [-0.05, 0) is 178 Å². The fraction of sp³-hybridized carbons (Fsp3) is 0.302. The number of halogens is 19. The van der Waals surface area contributed by atoms with Gasteiger partial charge in [-0.1, -0.05) is 81.7 Å². The number of aliphatic imine (C=N–C) groups is 1. The van der Waals surface area contributed by atoms with Crippen LogP contribution in [0, 0.1) is 46.5 Å².